The van der Waals surface area contributed by atoms with Gasteiger partial charge in [0.2, 0.25) is 0 Å². The minimum absolute atomic E-state index is 0.512. The Bertz CT molecular complexity index is 567. The zero-order chi connectivity index (χ0) is 14.0. The van der Waals surface area contributed by atoms with Crippen molar-refractivity contribution < 1.29 is 0 Å². The molecule has 0 aliphatic carbocycles. The Morgan fingerprint density at radius 1 is 1.21 bits per heavy atom. The zero-order valence-electron chi connectivity index (χ0n) is 12.5. The standard InChI is InChI=1S/C16H23N3/c1-11(2)17-9-15-6-7-16(8-12(15)3)19-10-18-13(4)14(19)5/h6-8,10-11,17H,9H2,1-5H3. The van der Waals surface area contributed by atoms with Crippen molar-refractivity contribution in [3.05, 3.63) is 47.0 Å². The molecule has 1 N–H and O–H groups in total. The number of nitrogens with zero attached hydrogens (tertiary/aromatic N) is 2. The van der Waals surface area contributed by atoms with Crippen molar-refractivity contribution in [1.82, 2.24) is 14.9 Å². The quantitative estimate of drug-likeness (QED) is 0.911. The van der Waals surface area contributed by atoms with Crippen LogP contribution in [0.15, 0.2) is 24.5 Å². The molecule has 0 fully saturated rings. The Balaban J connectivity index is 2.26. The molecule has 0 bridgehead atoms. The molecule has 0 saturated heterocycles. The SMILES string of the molecule is Cc1cc(-n2cnc(C)c2C)ccc1CNC(C)C. The van der Waals surface area contributed by atoms with Crippen LogP contribution in [0.1, 0.15) is 36.4 Å². The first-order chi connectivity index (χ1) is 8.99. The summed E-state index contributed by atoms with van der Waals surface area (Å²) in [5.41, 5.74) is 6.14. The Kier molecular flexibility index (Phi) is 4.05. The predicted octanol–water partition coefficient (Wildman–Crippen LogP) is 3.30. The fraction of sp³-hybridized carbons (Fsp3) is 0.438. The maximum absolute atomic E-state index is 4.35. The summed E-state index contributed by atoms with van der Waals surface area (Å²) in [6.45, 7) is 11.6. The molecule has 0 unspecified atom stereocenters. The van der Waals surface area contributed by atoms with Gasteiger partial charge in [0.15, 0.2) is 0 Å². The first-order valence-corrected chi connectivity index (χ1v) is 6.83. The molecule has 3 nitrogen and oxygen atoms in total. The summed E-state index contributed by atoms with van der Waals surface area (Å²) >= 11 is 0. The maximum Gasteiger partial charge on any atom is 0.0997 e. The van der Waals surface area contributed by atoms with Crippen LogP contribution in [0, 0.1) is 20.8 Å². The smallest absolute Gasteiger partial charge is 0.0997 e. The van der Waals surface area contributed by atoms with Crippen molar-refractivity contribution in [2.75, 3.05) is 0 Å². The summed E-state index contributed by atoms with van der Waals surface area (Å²) in [5.74, 6) is 0. The molecule has 1 heterocycles. The van der Waals surface area contributed by atoms with Gasteiger partial charge >= 0.3 is 0 Å². The molecule has 0 spiro atoms. The lowest BCUT2D eigenvalue weighted by molar-refractivity contribution is 0.587. The third kappa shape index (κ3) is 3.04. The monoisotopic (exact) mass is 257 g/mol. The van der Waals surface area contributed by atoms with Crippen molar-refractivity contribution in [3.8, 4) is 5.69 Å². The highest BCUT2D eigenvalue weighted by Crippen LogP contribution is 2.17. The maximum atomic E-state index is 4.35. The van der Waals surface area contributed by atoms with Gasteiger partial charge in [0.1, 0.15) is 0 Å². The van der Waals surface area contributed by atoms with Gasteiger partial charge in [0.05, 0.1) is 12.0 Å². The number of hydrogen-bond donors (Lipinski definition) is 1. The topological polar surface area (TPSA) is 29.9 Å². The number of hydrogen-bond acceptors (Lipinski definition) is 2. The molecule has 0 aliphatic rings. The number of benzene rings is 1. The molecule has 2 aromatic rings. The van der Waals surface area contributed by atoms with Crippen LogP contribution >= 0.6 is 0 Å². The molecule has 1 aromatic heterocycles. The molecule has 2 rings (SSSR count). The summed E-state index contributed by atoms with van der Waals surface area (Å²) < 4.78 is 2.14. The van der Waals surface area contributed by atoms with E-state index in [1.54, 1.807) is 0 Å². The molecule has 102 valence electrons. The van der Waals surface area contributed by atoms with Gasteiger partial charge in [-0.3, -0.25) is 0 Å². The van der Waals surface area contributed by atoms with E-state index in [-0.39, 0.29) is 0 Å². The largest absolute Gasteiger partial charge is 0.310 e. The van der Waals surface area contributed by atoms with Crippen molar-refractivity contribution in [2.45, 2.75) is 47.2 Å². The molecule has 0 aliphatic heterocycles. The van der Waals surface area contributed by atoms with Crippen molar-refractivity contribution in [2.24, 2.45) is 0 Å². The summed E-state index contributed by atoms with van der Waals surface area (Å²) in [7, 11) is 0. The van der Waals surface area contributed by atoms with Crippen LogP contribution in [0.4, 0.5) is 0 Å². The van der Waals surface area contributed by atoms with Crippen LogP contribution in [0.2, 0.25) is 0 Å². The van der Waals surface area contributed by atoms with Crippen LogP contribution in [0.25, 0.3) is 5.69 Å². The van der Waals surface area contributed by atoms with Gasteiger partial charge in [-0.1, -0.05) is 19.9 Å². The molecule has 19 heavy (non-hydrogen) atoms. The van der Waals surface area contributed by atoms with E-state index in [9.17, 15) is 0 Å². The number of aryl methyl sites for hydroxylation is 2. The third-order valence-electron chi connectivity index (χ3n) is 3.56. The summed E-state index contributed by atoms with van der Waals surface area (Å²) in [5, 5.41) is 3.46. The van der Waals surface area contributed by atoms with E-state index >= 15 is 0 Å². The van der Waals surface area contributed by atoms with Gasteiger partial charge in [0.25, 0.3) is 0 Å². The molecule has 3 heteroatoms. The Morgan fingerprint density at radius 2 is 1.95 bits per heavy atom. The normalized spacial score (nSPS) is 11.3. The Morgan fingerprint density at radius 3 is 2.47 bits per heavy atom. The fourth-order valence-electron chi connectivity index (χ4n) is 2.10. The lowest BCUT2D eigenvalue weighted by atomic mass is 10.1. The minimum Gasteiger partial charge on any atom is -0.310 e. The van der Waals surface area contributed by atoms with Crippen LogP contribution < -0.4 is 5.32 Å². The first kappa shape index (κ1) is 13.8. The summed E-state index contributed by atoms with van der Waals surface area (Å²) in [6.07, 6.45) is 1.89. The minimum atomic E-state index is 0.512. The summed E-state index contributed by atoms with van der Waals surface area (Å²) in [4.78, 5) is 4.35. The highest BCUT2D eigenvalue weighted by Gasteiger charge is 2.06. The molecule has 0 amide bonds. The lowest BCUT2D eigenvalue weighted by Crippen LogP contribution is -2.22. The predicted molar refractivity (Wildman–Crippen MR) is 79.8 cm³/mol. The van der Waals surface area contributed by atoms with Gasteiger partial charge < -0.3 is 9.88 Å². The van der Waals surface area contributed by atoms with Gasteiger partial charge in [0, 0.05) is 24.0 Å². The van der Waals surface area contributed by atoms with Crippen molar-refractivity contribution >= 4 is 0 Å². The highest BCUT2D eigenvalue weighted by atomic mass is 15.1. The number of imidazole rings is 1. The number of rotatable bonds is 4. The Hall–Kier alpha value is -1.61. The van der Waals surface area contributed by atoms with Crippen molar-refractivity contribution in [1.29, 1.82) is 0 Å². The van der Waals surface area contributed by atoms with Gasteiger partial charge in [-0.25, -0.2) is 4.98 Å². The van der Waals surface area contributed by atoms with E-state index in [0.717, 1.165) is 12.2 Å². The van der Waals surface area contributed by atoms with E-state index in [2.05, 4.69) is 60.8 Å². The third-order valence-corrected chi connectivity index (χ3v) is 3.56. The highest BCUT2D eigenvalue weighted by molar-refractivity contribution is 5.41. The van der Waals surface area contributed by atoms with Crippen LogP contribution in [-0.4, -0.2) is 15.6 Å². The van der Waals surface area contributed by atoms with E-state index in [1.807, 2.05) is 13.3 Å². The number of nitrogens with one attached hydrogen (secondary N) is 1. The van der Waals surface area contributed by atoms with Crippen LogP contribution in [0.5, 0.6) is 0 Å². The van der Waals surface area contributed by atoms with E-state index in [4.69, 9.17) is 0 Å². The molecule has 1 aromatic carbocycles. The van der Waals surface area contributed by atoms with Crippen molar-refractivity contribution in [3.63, 3.8) is 0 Å². The second-order valence-electron chi connectivity index (χ2n) is 5.43. The van der Waals surface area contributed by atoms with Crippen LogP contribution in [-0.2, 0) is 6.54 Å². The summed E-state index contributed by atoms with van der Waals surface area (Å²) in [6, 6.07) is 7.11. The average Bonchev–Trinajstić information content (AvgIpc) is 2.68. The van der Waals surface area contributed by atoms with E-state index in [0.29, 0.717) is 6.04 Å². The molecular formula is C16H23N3. The molecular weight excluding hydrogens is 234 g/mol. The lowest BCUT2D eigenvalue weighted by Gasteiger charge is -2.13. The average molecular weight is 257 g/mol. The van der Waals surface area contributed by atoms with Gasteiger partial charge in [-0.2, -0.15) is 0 Å². The van der Waals surface area contributed by atoms with E-state index < -0.39 is 0 Å². The Labute approximate surface area is 115 Å². The number of aromatic nitrogens is 2. The van der Waals surface area contributed by atoms with E-state index in [1.165, 1.54) is 22.5 Å². The fourth-order valence-corrected chi connectivity index (χ4v) is 2.10. The first-order valence-electron chi connectivity index (χ1n) is 6.83. The molecule has 0 atom stereocenters. The van der Waals surface area contributed by atoms with Gasteiger partial charge in [-0.15, -0.1) is 0 Å². The molecule has 0 radical (unpaired) electrons. The zero-order valence-corrected chi connectivity index (χ0v) is 12.5. The second kappa shape index (κ2) is 5.57. The molecule has 0 saturated carbocycles. The second-order valence-corrected chi connectivity index (χ2v) is 5.43. The van der Waals surface area contributed by atoms with Crippen LogP contribution in [0.3, 0.4) is 0 Å². The van der Waals surface area contributed by atoms with Gasteiger partial charge in [-0.05, 0) is 44.0 Å².